The lowest BCUT2D eigenvalue weighted by molar-refractivity contribution is -0.139. The second-order valence-corrected chi connectivity index (χ2v) is 4.82. The number of carbonyl (C=O) groups is 3. The van der Waals surface area contributed by atoms with Gasteiger partial charge in [0.15, 0.2) is 6.23 Å². The minimum absolute atomic E-state index is 0.0885. The molecular weight excluding hydrogens is 264 g/mol. The Morgan fingerprint density at radius 1 is 1.25 bits per heavy atom. The largest absolute Gasteiger partial charge is 0.508 e. The number of benzene rings is 1. The van der Waals surface area contributed by atoms with E-state index in [9.17, 15) is 24.6 Å². The van der Waals surface area contributed by atoms with Crippen molar-refractivity contribution >= 4 is 17.7 Å². The summed E-state index contributed by atoms with van der Waals surface area (Å²) < 4.78 is 0. The van der Waals surface area contributed by atoms with Crippen LogP contribution in [0.25, 0.3) is 0 Å². The van der Waals surface area contributed by atoms with Gasteiger partial charge < -0.3 is 10.2 Å². The molecule has 2 aliphatic rings. The third-order valence-corrected chi connectivity index (χ3v) is 3.59. The van der Waals surface area contributed by atoms with Crippen LogP contribution >= 0.6 is 0 Å². The lowest BCUT2D eigenvalue weighted by Gasteiger charge is -2.31. The first kappa shape index (κ1) is 12.6. The van der Waals surface area contributed by atoms with E-state index in [-0.39, 0.29) is 30.1 Å². The standard InChI is InChI=1S/C13H12N2O5/c16-6-1-2-7-8(5-6)13(20)15(12(7)19)9-3-4-10(17)14-11(9)18/h1-2,5,9,12,16,19H,3-4H2,(H,14,17,18). The van der Waals surface area contributed by atoms with Crippen molar-refractivity contribution in [3.8, 4) is 5.75 Å². The fourth-order valence-corrected chi connectivity index (χ4v) is 2.61. The first-order chi connectivity index (χ1) is 9.49. The Balaban J connectivity index is 1.95. The highest BCUT2D eigenvalue weighted by Gasteiger charge is 2.44. The van der Waals surface area contributed by atoms with E-state index in [1.165, 1.54) is 18.2 Å². The molecule has 2 aliphatic heterocycles. The number of aliphatic hydroxyl groups excluding tert-OH is 1. The van der Waals surface area contributed by atoms with Crippen molar-refractivity contribution in [3.63, 3.8) is 0 Å². The van der Waals surface area contributed by atoms with Gasteiger partial charge in [0.05, 0.1) is 5.56 Å². The van der Waals surface area contributed by atoms with Crippen molar-refractivity contribution in [1.29, 1.82) is 0 Å². The van der Waals surface area contributed by atoms with Gasteiger partial charge in [0.1, 0.15) is 11.8 Å². The van der Waals surface area contributed by atoms with Crippen LogP contribution in [0, 0.1) is 0 Å². The molecule has 7 heteroatoms. The molecule has 2 unspecified atom stereocenters. The fourth-order valence-electron chi connectivity index (χ4n) is 2.61. The number of hydrogen-bond donors (Lipinski definition) is 3. The van der Waals surface area contributed by atoms with Crippen LogP contribution in [-0.4, -0.2) is 38.9 Å². The molecule has 3 amide bonds. The Labute approximate surface area is 113 Å². The lowest BCUT2D eigenvalue weighted by atomic mass is 10.0. The Kier molecular flexibility index (Phi) is 2.72. The van der Waals surface area contributed by atoms with Gasteiger partial charge in [-0.25, -0.2) is 0 Å². The maximum atomic E-state index is 12.3. The van der Waals surface area contributed by atoms with Gasteiger partial charge in [0.25, 0.3) is 5.91 Å². The first-order valence-electron chi connectivity index (χ1n) is 6.16. The van der Waals surface area contributed by atoms with Gasteiger partial charge in [0, 0.05) is 12.0 Å². The van der Waals surface area contributed by atoms with E-state index in [1.54, 1.807) is 0 Å². The average molecular weight is 276 g/mol. The van der Waals surface area contributed by atoms with Crippen molar-refractivity contribution < 1.29 is 24.6 Å². The normalized spacial score (nSPS) is 25.6. The minimum Gasteiger partial charge on any atom is -0.508 e. The van der Waals surface area contributed by atoms with Crippen molar-refractivity contribution in [1.82, 2.24) is 10.2 Å². The summed E-state index contributed by atoms with van der Waals surface area (Å²) in [6.07, 6.45) is -0.955. The van der Waals surface area contributed by atoms with E-state index in [0.29, 0.717) is 5.56 Å². The minimum atomic E-state index is -1.25. The fraction of sp³-hybridized carbons (Fsp3) is 0.308. The number of imide groups is 1. The molecule has 1 aromatic rings. The molecule has 2 heterocycles. The number of aliphatic hydroxyl groups is 1. The molecule has 1 fully saturated rings. The van der Waals surface area contributed by atoms with Gasteiger partial charge in [-0.05, 0) is 18.6 Å². The van der Waals surface area contributed by atoms with Gasteiger partial charge in [-0.2, -0.15) is 0 Å². The molecule has 7 nitrogen and oxygen atoms in total. The highest BCUT2D eigenvalue weighted by atomic mass is 16.3. The van der Waals surface area contributed by atoms with Crippen LogP contribution in [0.4, 0.5) is 0 Å². The van der Waals surface area contributed by atoms with Crippen molar-refractivity contribution in [2.24, 2.45) is 0 Å². The number of piperidine rings is 1. The topological polar surface area (TPSA) is 107 Å². The predicted molar refractivity (Wildman–Crippen MR) is 65.4 cm³/mol. The summed E-state index contributed by atoms with van der Waals surface area (Å²) in [5, 5.41) is 21.8. The molecule has 1 saturated heterocycles. The van der Waals surface area contributed by atoms with E-state index in [2.05, 4.69) is 5.32 Å². The molecule has 104 valence electrons. The Morgan fingerprint density at radius 2 is 2.00 bits per heavy atom. The van der Waals surface area contributed by atoms with E-state index >= 15 is 0 Å². The molecule has 2 atom stereocenters. The summed E-state index contributed by atoms with van der Waals surface area (Å²) in [4.78, 5) is 36.3. The number of nitrogens with one attached hydrogen (secondary N) is 1. The highest BCUT2D eigenvalue weighted by molar-refractivity contribution is 6.05. The van der Waals surface area contributed by atoms with E-state index in [1.807, 2.05) is 0 Å². The van der Waals surface area contributed by atoms with E-state index in [0.717, 1.165) is 4.90 Å². The van der Waals surface area contributed by atoms with Crippen molar-refractivity contribution in [2.45, 2.75) is 25.1 Å². The average Bonchev–Trinajstić information content (AvgIpc) is 2.63. The number of amides is 3. The summed E-state index contributed by atoms with van der Waals surface area (Å²) in [7, 11) is 0. The molecule has 3 rings (SSSR count). The van der Waals surface area contributed by atoms with Crippen molar-refractivity contribution in [2.75, 3.05) is 0 Å². The third-order valence-electron chi connectivity index (χ3n) is 3.59. The first-order valence-corrected chi connectivity index (χ1v) is 6.16. The number of nitrogens with zero attached hydrogens (tertiary/aromatic N) is 1. The van der Waals surface area contributed by atoms with Crippen LogP contribution in [0.5, 0.6) is 5.75 Å². The van der Waals surface area contributed by atoms with Gasteiger partial charge >= 0.3 is 0 Å². The Hall–Kier alpha value is -2.41. The second-order valence-electron chi connectivity index (χ2n) is 4.82. The summed E-state index contributed by atoms with van der Waals surface area (Å²) >= 11 is 0. The molecule has 0 aromatic heterocycles. The van der Waals surface area contributed by atoms with Gasteiger partial charge in [0.2, 0.25) is 11.8 Å². The van der Waals surface area contributed by atoms with Crippen LogP contribution < -0.4 is 5.32 Å². The van der Waals surface area contributed by atoms with Gasteiger partial charge in [-0.15, -0.1) is 0 Å². The lowest BCUT2D eigenvalue weighted by Crippen LogP contribution is -2.53. The molecule has 1 aromatic carbocycles. The summed E-state index contributed by atoms with van der Waals surface area (Å²) in [6, 6.07) is 3.18. The SMILES string of the molecule is O=C1CCC(N2C(=O)c3cc(O)ccc3C2O)C(=O)N1. The number of phenols is 1. The predicted octanol–water partition coefficient (Wildman–Crippen LogP) is -0.356. The number of rotatable bonds is 1. The molecule has 0 aliphatic carbocycles. The Bertz CT molecular complexity index is 627. The molecule has 0 saturated carbocycles. The van der Waals surface area contributed by atoms with Crippen LogP contribution in [0.1, 0.15) is 35.0 Å². The van der Waals surface area contributed by atoms with E-state index < -0.39 is 24.1 Å². The summed E-state index contributed by atoms with van der Waals surface area (Å²) in [5.74, 6) is -1.60. The van der Waals surface area contributed by atoms with Crippen LogP contribution in [-0.2, 0) is 9.59 Å². The smallest absolute Gasteiger partial charge is 0.257 e. The maximum Gasteiger partial charge on any atom is 0.257 e. The number of fused-ring (bicyclic) bond motifs is 1. The summed E-state index contributed by atoms with van der Waals surface area (Å²) in [6.45, 7) is 0. The van der Waals surface area contributed by atoms with E-state index in [4.69, 9.17) is 0 Å². The zero-order valence-corrected chi connectivity index (χ0v) is 10.4. The van der Waals surface area contributed by atoms with Crippen molar-refractivity contribution in [3.05, 3.63) is 29.3 Å². The van der Waals surface area contributed by atoms with Crippen LogP contribution in [0.15, 0.2) is 18.2 Å². The molecular formula is C13H12N2O5. The number of carbonyl (C=O) groups excluding carboxylic acids is 3. The monoisotopic (exact) mass is 276 g/mol. The van der Waals surface area contributed by atoms with Crippen LogP contribution in [0.3, 0.4) is 0 Å². The van der Waals surface area contributed by atoms with Crippen LogP contribution in [0.2, 0.25) is 0 Å². The zero-order valence-electron chi connectivity index (χ0n) is 10.4. The molecule has 3 N–H and O–H groups in total. The quantitative estimate of drug-likeness (QED) is 0.607. The second kappa shape index (κ2) is 4.31. The third kappa shape index (κ3) is 1.75. The molecule has 0 spiro atoms. The molecule has 0 bridgehead atoms. The number of hydrogen-bond acceptors (Lipinski definition) is 5. The number of phenolic OH excluding ortho intramolecular Hbond substituents is 1. The maximum absolute atomic E-state index is 12.3. The van der Waals surface area contributed by atoms with Gasteiger partial charge in [-0.3, -0.25) is 24.6 Å². The molecule has 20 heavy (non-hydrogen) atoms. The summed E-state index contributed by atoms with van der Waals surface area (Å²) in [5.41, 5.74) is 0.514. The Morgan fingerprint density at radius 3 is 2.70 bits per heavy atom. The van der Waals surface area contributed by atoms with Gasteiger partial charge in [-0.1, -0.05) is 6.07 Å². The molecule has 0 radical (unpaired) electrons. The number of aromatic hydroxyl groups is 1. The highest BCUT2D eigenvalue weighted by Crippen LogP contribution is 2.36. The zero-order chi connectivity index (χ0) is 14.4.